The number of amides is 4. The Morgan fingerprint density at radius 1 is 1.22 bits per heavy atom. The number of hydrogen-bond acceptors (Lipinski definition) is 5. The Morgan fingerprint density at radius 2 is 2.00 bits per heavy atom. The Hall–Kier alpha value is -3.40. The summed E-state index contributed by atoms with van der Waals surface area (Å²) in [6.45, 7) is 1.46. The van der Waals surface area contributed by atoms with E-state index in [-0.39, 0.29) is 23.6 Å². The number of carbonyl (C=O) groups excluding carboxylic acids is 2. The van der Waals surface area contributed by atoms with E-state index in [9.17, 15) is 14.0 Å². The number of rotatable bonds is 6. The lowest BCUT2D eigenvalue weighted by molar-refractivity contribution is 0.0912. The molecule has 4 amide bonds. The predicted octanol–water partition coefficient (Wildman–Crippen LogP) is 3.54. The van der Waals surface area contributed by atoms with Gasteiger partial charge in [-0.15, -0.1) is 0 Å². The number of nitrogens with zero attached hydrogens (tertiary/aromatic N) is 3. The van der Waals surface area contributed by atoms with Crippen LogP contribution in [0.15, 0.2) is 36.5 Å². The van der Waals surface area contributed by atoms with Crippen LogP contribution in [0.2, 0.25) is 0 Å². The molecular formula is C22H28FN5O4. The fourth-order valence-electron chi connectivity index (χ4n) is 3.41. The van der Waals surface area contributed by atoms with Crippen molar-refractivity contribution in [2.24, 2.45) is 0 Å². The van der Waals surface area contributed by atoms with Crippen LogP contribution in [0.5, 0.6) is 5.75 Å². The second kappa shape index (κ2) is 10.8. The second-order valence-electron chi connectivity index (χ2n) is 7.73. The van der Waals surface area contributed by atoms with Crippen LogP contribution in [0.3, 0.4) is 0 Å². The molecule has 1 aliphatic heterocycles. The molecule has 1 aromatic heterocycles. The Balaban J connectivity index is 1.60. The zero-order valence-electron chi connectivity index (χ0n) is 18.4. The highest BCUT2D eigenvalue weighted by atomic mass is 19.1. The Labute approximate surface area is 186 Å². The molecule has 172 valence electrons. The first kappa shape index (κ1) is 23.3. The van der Waals surface area contributed by atoms with Gasteiger partial charge in [-0.1, -0.05) is 0 Å². The summed E-state index contributed by atoms with van der Waals surface area (Å²) in [5, 5.41) is 5.24. The van der Waals surface area contributed by atoms with E-state index < -0.39 is 11.8 Å². The molecule has 32 heavy (non-hydrogen) atoms. The molecule has 1 fully saturated rings. The van der Waals surface area contributed by atoms with Crippen LogP contribution in [0.1, 0.15) is 18.5 Å². The number of benzene rings is 1. The summed E-state index contributed by atoms with van der Waals surface area (Å²) in [5.41, 5.74) is 1.47. The number of likely N-dealkylation sites (tertiary alicyclic amines) is 1. The first-order valence-electron chi connectivity index (χ1n) is 10.3. The van der Waals surface area contributed by atoms with Crippen LogP contribution in [-0.2, 0) is 11.3 Å². The monoisotopic (exact) mass is 445 g/mol. The molecule has 0 spiro atoms. The number of carbonyl (C=O) groups is 2. The van der Waals surface area contributed by atoms with Gasteiger partial charge >= 0.3 is 12.1 Å². The van der Waals surface area contributed by atoms with E-state index in [1.165, 1.54) is 23.2 Å². The molecule has 0 bridgehead atoms. The van der Waals surface area contributed by atoms with Crippen molar-refractivity contribution in [3.8, 4) is 5.75 Å². The maximum absolute atomic E-state index is 14.1. The zero-order valence-corrected chi connectivity index (χ0v) is 18.4. The molecule has 1 unspecified atom stereocenters. The zero-order chi connectivity index (χ0) is 23.1. The van der Waals surface area contributed by atoms with E-state index >= 15 is 0 Å². The van der Waals surface area contributed by atoms with Gasteiger partial charge in [0.2, 0.25) is 0 Å². The number of nitrogens with one attached hydrogen (secondary N) is 2. The average molecular weight is 445 g/mol. The number of anilines is 2. The van der Waals surface area contributed by atoms with Gasteiger partial charge in [-0.2, -0.15) is 0 Å². The van der Waals surface area contributed by atoms with Crippen LogP contribution in [0, 0.1) is 5.82 Å². The van der Waals surface area contributed by atoms with E-state index in [0.29, 0.717) is 25.4 Å². The largest absolute Gasteiger partial charge is 0.488 e. The molecular weight excluding hydrogens is 417 g/mol. The van der Waals surface area contributed by atoms with Gasteiger partial charge in [-0.05, 0) is 31.0 Å². The topological polar surface area (TPSA) is 96.0 Å². The van der Waals surface area contributed by atoms with Crippen LogP contribution in [0.25, 0.3) is 0 Å². The summed E-state index contributed by atoms with van der Waals surface area (Å²) < 4.78 is 25.1. The Kier molecular flexibility index (Phi) is 7.82. The lowest BCUT2D eigenvalue weighted by atomic mass is 10.1. The number of pyridine rings is 1. The van der Waals surface area contributed by atoms with Crippen molar-refractivity contribution in [3.05, 3.63) is 48.0 Å². The highest BCUT2D eigenvalue weighted by Crippen LogP contribution is 2.24. The minimum absolute atomic E-state index is 0.0821. The van der Waals surface area contributed by atoms with Gasteiger partial charge in [-0.25, -0.2) is 14.0 Å². The van der Waals surface area contributed by atoms with E-state index in [0.717, 1.165) is 18.5 Å². The third kappa shape index (κ3) is 6.55. The first-order valence-corrected chi connectivity index (χ1v) is 10.3. The van der Waals surface area contributed by atoms with Gasteiger partial charge in [0, 0.05) is 45.6 Å². The molecule has 0 aliphatic carbocycles. The minimum atomic E-state index is -0.541. The predicted molar refractivity (Wildman–Crippen MR) is 118 cm³/mol. The second-order valence-corrected chi connectivity index (χ2v) is 7.73. The van der Waals surface area contributed by atoms with Gasteiger partial charge in [-0.3, -0.25) is 4.98 Å². The number of methoxy groups -OCH3 is 1. The Bertz CT molecular complexity index is 938. The van der Waals surface area contributed by atoms with Crippen LogP contribution in [0.4, 0.5) is 25.4 Å². The molecule has 1 aliphatic rings. The number of aromatic nitrogens is 1. The number of halogens is 1. The SMILES string of the molecule is COCc1ccc(NC(=O)Nc2cc(F)cc(OC3CCCN(C(=O)N(C)C)C3)c2)cn1. The lowest BCUT2D eigenvalue weighted by Crippen LogP contribution is -2.48. The molecule has 9 nitrogen and oxygen atoms in total. The summed E-state index contributed by atoms with van der Waals surface area (Å²) in [6.07, 6.45) is 2.80. The summed E-state index contributed by atoms with van der Waals surface area (Å²) in [7, 11) is 4.98. The fraction of sp³-hybridized carbons (Fsp3) is 0.409. The molecule has 10 heteroatoms. The lowest BCUT2D eigenvalue weighted by Gasteiger charge is -2.34. The normalized spacial score (nSPS) is 15.8. The number of ether oxygens (including phenoxy) is 2. The van der Waals surface area contributed by atoms with Crippen LogP contribution in [-0.4, -0.2) is 67.2 Å². The van der Waals surface area contributed by atoms with Crippen molar-refractivity contribution in [3.63, 3.8) is 0 Å². The molecule has 1 aromatic carbocycles. The van der Waals surface area contributed by atoms with Gasteiger partial charge < -0.3 is 29.9 Å². The van der Waals surface area contributed by atoms with E-state index in [1.54, 1.807) is 44.3 Å². The quantitative estimate of drug-likeness (QED) is 0.709. The van der Waals surface area contributed by atoms with E-state index in [4.69, 9.17) is 9.47 Å². The van der Waals surface area contributed by atoms with Gasteiger partial charge in [0.15, 0.2) is 0 Å². The van der Waals surface area contributed by atoms with Crippen molar-refractivity contribution in [1.82, 2.24) is 14.8 Å². The summed E-state index contributed by atoms with van der Waals surface area (Å²) in [4.78, 5) is 31.9. The molecule has 2 N–H and O–H groups in total. The third-order valence-electron chi connectivity index (χ3n) is 4.84. The fourth-order valence-corrected chi connectivity index (χ4v) is 3.41. The highest BCUT2D eigenvalue weighted by Gasteiger charge is 2.26. The minimum Gasteiger partial charge on any atom is -0.488 e. The third-order valence-corrected chi connectivity index (χ3v) is 4.84. The maximum Gasteiger partial charge on any atom is 0.323 e. The first-order chi connectivity index (χ1) is 15.3. The van der Waals surface area contributed by atoms with E-state index in [2.05, 4.69) is 15.6 Å². The van der Waals surface area contributed by atoms with Crippen molar-refractivity contribution in [2.75, 3.05) is 44.9 Å². The average Bonchev–Trinajstić information content (AvgIpc) is 2.74. The standard InChI is InChI=1S/C22H28FN5O4/c1-27(2)22(30)28-8-4-5-19(13-28)32-20-10-15(23)9-18(11-20)26-21(29)25-16-6-7-17(14-31-3)24-12-16/h6-7,9-12,19H,4-5,8,13-14H2,1-3H3,(H2,25,26,29). The smallest absolute Gasteiger partial charge is 0.323 e. The number of urea groups is 2. The Morgan fingerprint density at radius 3 is 2.69 bits per heavy atom. The van der Waals surface area contributed by atoms with Gasteiger partial charge in [0.25, 0.3) is 0 Å². The summed E-state index contributed by atoms with van der Waals surface area (Å²) in [6, 6.07) is 6.83. The van der Waals surface area contributed by atoms with Crippen LogP contribution < -0.4 is 15.4 Å². The summed E-state index contributed by atoms with van der Waals surface area (Å²) in [5.74, 6) is -0.254. The number of hydrogen-bond donors (Lipinski definition) is 2. The van der Waals surface area contributed by atoms with Crippen molar-refractivity contribution in [1.29, 1.82) is 0 Å². The van der Waals surface area contributed by atoms with Gasteiger partial charge in [0.1, 0.15) is 17.7 Å². The molecule has 0 radical (unpaired) electrons. The van der Waals surface area contributed by atoms with Crippen molar-refractivity contribution in [2.45, 2.75) is 25.6 Å². The molecule has 1 atom stereocenters. The molecule has 2 heterocycles. The molecule has 1 saturated heterocycles. The van der Waals surface area contributed by atoms with Crippen molar-refractivity contribution < 1.29 is 23.5 Å². The van der Waals surface area contributed by atoms with Crippen LogP contribution >= 0.6 is 0 Å². The highest BCUT2D eigenvalue weighted by molar-refractivity contribution is 5.99. The molecule has 0 saturated carbocycles. The number of piperidine rings is 1. The van der Waals surface area contributed by atoms with E-state index in [1.807, 2.05) is 0 Å². The molecule has 2 aromatic rings. The van der Waals surface area contributed by atoms with Crippen molar-refractivity contribution >= 4 is 23.4 Å². The maximum atomic E-state index is 14.1. The molecule has 3 rings (SSSR count). The van der Waals surface area contributed by atoms with Gasteiger partial charge in [0.05, 0.1) is 30.7 Å². The summed E-state index contributed by atoms with van der Waals surface area (Å²) >= 11 is 0.